The van der Waals surface area contributed by atoms with Crippen molar-refractivity contribution in [1.82, 2.24) is 5.32 Å². The molecule has 0 aromatic carbocycles. The van der Waals surface area contributed by atoms with Gasteiger partial charge in [0.2, 0.25) is 5.91 Å². The predicted octanol–water partition coefficient (Wildman–Crippen LogP) is -0.105. The Bertz CT molecular complexity index is 154. The van der Waals surface area contributed by atoms with Crippen LogP contribution in [0.15, 0.2) is 0 Å². The van der Waals surface area contributed by atoms with E-state index >= 15 is 0 Å². The summed E-state index contributed by atoms with van der Waals surface area (Å²) in [5.74, 6) is -0.155. The molecule has 0 aliphatic heterocycles. The van der Waals surface area contributed by atoms with Crippen LogP contribution in [-0.2, 0) is 14.3 Å². The molecule has 15 heavy (non-hydrogen) atoms. The lowest BCUT2D eigenvalue weighted by molar-refractivity contribution is -0.119. The van der Waals surface area contributed by atoms with Crippen LogP contribution in [0, 0.1) is 0 Å². The molecule has 0 aliphatic rings. The molecule has 5 heteroatoms. The van der Waals surface area contributed by atoms with Crippen LogP contribution in [0.4, 0.5) is 0 Å². The molecular formula is C10H22N2O3. The Balaban J connectivity index is 2.95. The number of amides is 1. The quantitative estimate of drug-likeness (QED) is 0.502. The smallest absolute Gasteiger partial charge is 0.233 e. The lowest BCUT2D eigenvalue weighted by atomic mass is 10.4. The number of carbonyl (C=O) groups is 1. The lowest BCUT2D eigenvalue weighted by Gasteiger charge is -2.06. The highest BCUT2D eigenvalue weighted by molar-refractivity contribution is 5.77. The number of hydrogen-bond donors (Lipinski definition) is 2. The first-order valence-corrected chi connectivity index (χ1v) is 5.43. The summed E-state index contributed by atoms with van der Waals surface area (Å²) in [5.41, 5.74) is 5.11. The fourth-order valence-electron chi connectivity index (χ4n) is 0.903. The van der Waals surface area contributed by atoms with Crippen LogP contribution in [0.5, 0.6) is 0 Å². The Morgan fingerprint density at radius 1 is 1.20 bits per heavy atom. The third-order valence-electron chi connectivity index (χ3n) is 1.77. The van der Waals surface area contributed by atoms with Crippen molar-refractivity contribution >= 4 is 5.91 Å². The summed E-state index contributed by atoms with van der Waals surface area (Å²) in [7, 11) is 0. The van der Waals surface area contributed by atoms with Crippen molar-refractivity contribution in [2.45, 2.75) is 19.8 Å². The van der Waals surface area contributed by atoms with Gasteiger partial charge in [0, 0.05) is 13.2 Å². The zero-order valence-corrected chi connectivity index (χ0v) is 9.46. The first-order valence-electron chi connectivity index (χ1n) is 5.43. The highest BCUT2D eigenvalue weighted by Gasteiger charge is 1.95. The molecule has 0 saturated heterocycles. The summed E-state index contributed by atoms with van der Waals surface area (Å²) < 4.78 is 10.5. The van der Waals surface area contributed by atoms with Gasteiger partial charge >= 0.3 is 0 Å². The van der Waals surface area contributed by atoms with Gasteiger partial charge in [0.1, 0.15) is 0 Å². The molecule has 0 aromatic heterocycles. The van der Waals surface area contributed by atoms with E-state index in [2.05, 4.69) is 12.2 Å². The Hall–Kier alpha value is -0.650. The molecule has 0 rings (SSSR count). The van der Waals surface area contributed by atoms with Gasteiger partial charge in [-0.3, -0.25) is 4.79 Å². The normalized spacial score (nSPS) is 10.3. The number of hydrogen-bond acceptors (Lipinski definition) is 4. The second-order valence-corrected chi connectivity index (χ2v) is 3.13. The van der Waals surface area contributed by atoms with Crippen molar-refractivity contribution in [2.24, 2.45) is 5.73 Å². The van der Waals surface area contributed by atoms with Crippen LogP contribution in [0.1, 0.15) is 19.8 Å². The fraction of sp³-hybridized carbons (Fsp3) is 0.900. The third kappa shape index (κ3) is 11.3. The Morgan fingerprint density at radius 2 is 1.87 bits per heavy atom. The average molecular weight is 218 g/mol. The van der Waals surface area contributed by atoms with E-state index in [1.807, 2.05) is 0 Å². The Morgan fingerprint density at radius 3 is 2.47 bits per heavy atom. The molecule has 90 valence electrons. The third-order valence-corrected chi connectivity index (χ3v) is 1.77. The minimum atomic E-state index is -0.155. The molecule has 0 fully saturated rings. The SMILES string of the molecule is CCCCOCCOCCNC(=O)CN. The monoisotopic (exact) mass is 218 g/mol. The molecule has 3 N–H and O–H groups in total. The second kappa shape index (κ2) is 11.4. The number of nitrogens with one attached hydrogen (secondary N) is 1. The van der Waals surface area contributed by atoms with Gasteiger partial charge in [-0.15, -0.1) is 0 Å². The molecule has 5 nitrogen and oxygen atoms in total. The zero-order chi connectivity index (χ0) is 11.4. The molecule has 1 amide bonds. The first-order chi connectivity index (χ1) is 7.31. The molecule has 0 spiro atoms. The topological polar surface area (TPSA) is 73.6 Å². The summed E-state index contributed by atoms with van der Waals surface area (Å²) in [5, 5.41) is 2.61. The summed E-state index contributed by atoms with van der Waals surface area (Å²) in [6.45, 7) is 5.14. The highest BCUT2D eigenvalue weighted by atomic mass is 16.5. The predicted molar refractivity (Wildman–Crippen MR) is 58.6 cm³/mol. The van der Waals surface area contributed by atoms with Crippen LogP contribution >= 0.6 is 0 Å². The van der Waals surface area contributed by atoms with Crippen LogP contribution in [-0.4, -0.2) is 45.4 Å². The first kappa shape index (κ1) is 14.3. The van der Waals surface area contributed by atoms with Gasteiger partial charge in [-0.05, 0) is 6.42 Å². The molecule has 0 bridgehead atoms. The van der Waals surface area contributed by atoms with E-state index in [9.17, 15) is 4.79 Å². The van der Waals surface area contributed by atoms with Gasteiger partial charge in [0.25, 0.3) is 0 Å². The van der Waals surface area contributed by atoms with Crippen LogP contribution in [0.25, 0.3) is 0 Å². The van der Waals surface area contributed by atoms with Crippen molar-refractivity contribution in [3.05, 3.63) is 0 Å². The van der Waals surface area contributed by atoms with E-state index < -0.39 is 0 Å². The summed E-state index contributed by atoms with van der Waals surface area (Å²) in [6, 6.07) is 0. The highest BCUT2D eigenvalue weighted by Crippen LogP contribution is 1.87. The molecule has 0 unspecified atom stereocenters. The molecule has 0 heterocycles. The fourth-order valence-corrected chi connectivity index (χ4v) is 0.903. The number of unbranched alkanes of at least 4 members (excludes halogenated alkanes) is 1. The van der Waals surface area contributed by atoms with Gasteiger partial charge in [-0.25, -0.2) is 0 Å². The summed E-state index contributed by atoms with van der Waals surface area (Å²) >= 11 is 0. The second-order valence-electron chi connectivity index (χ2n) is 3.13. The van der Waals surface area contributed by atoms with Crippen LogP contribution < -0.4 is 11.1 Å². The molecule has 0 aliphatic carbocycles. The molecule has 0 atom stereocenters. The van der Waals surface area contributed by atoms with E-state index in [1.165, 1.54) is 0 Å². The van der Waals surface area contributed by atoms with E-state index in [1.54, 1.807) is 0 Å². The van der Waals surface area contributed by atoms with Crippen LogP contribution in [0.2, 0.25) is 0 Å². The molecular weight excluding hydrogens is 196 g/mol. The Kier molecular flexibility index (Phi) is 10.9. The van der Waals surface area contributed by atoms with Crippen molar-refractivity contribution in [3.63, 3.8) is 0 Å². The van der Waals surface area contributed by atoms with Gasteiger partial charge in [0.05, 0.1) is 26.4 Å². The number of rotatable bonds is 10. The summed E-state index contributed by atoms with van der Waals surface area (Å²) in [6.07, 6.45) is 2.23. The maximum Gasteiger partial charge on any atom is 0.233 e. The number of nitrogens with two attached hydrogens (primary N) is 1. The van der Waals surface area contributed by atoms with E-state index in [4.69, 9.17) is 15.2 Å². The van der Waals surface area contributed by atoms with Gasteiger partial charge in [0.15, 0.2) is 0 Å². The number of ether oxygens (including phenoxy) is 2. The Labute approximate surface area is 91.3 Å². The van der Waals surface area contributed by atoms with Gasteiger partial charge in [-0.2, -0.15) is 0 Å². The zero-order valence-electron chi connectivity index (χ0n) is 9.46. The van der Waals surface area contributed by atoms with Gasteiger partial charge < -0.3 is 20.5 Å². The van der Waals surface area contributed by atoms with Crippen molar-refractivity contribution in [2.75, 3.05) is 39.5 Å². The van der Waals surface area contributed by atoms with E-state index in [0.29, 0.717) is 26.4 Å². The van der Waals surface area contributed by atoms with Crippen molar-refractivity contribution in [3.8, 4) is 0 Å². The molecule has 0 radical (unpaired) electrons. The largest absolute Gasteiger partial charge is 0.379 e. The minimum absolute atomic E-state index is 0.0279. The summed E-state index contributed by atoms with van der Waals surface area (Å²) in [4.78, 5) is 10.7. The molecule has 0 saturated carbocycles. The van der Waals surface area contributed by atoms with Crippen molar-refractivity contribution in [1.29, 1.82) is 0 Å². The maximum atomic E-state index is 10.7. The maximum absolute atomic E-state index is 10.7. The minimum Gasteiger partial charge on any atom is -0.379 e. The standard InChI is InChI=1S/C10H22N2O3/c1-2-3-5-14-7-8-15-6-4-12-10(13)9-11/h2-9,11H2,1H3,(H,12,13). The van der Waals surface area contributed by atoms with E-state index in [-0.39, 0.29) is 12.5 Å². The van der Waals surface area contributed by atoms with E-state index in [0.717, 1.165) is 19.4 Å². The van der Waals surface area contributed by atoms with Crippen LogP contribution in [0.3, 0.4) is 0 Å². The lowest BCUT2D eigenvalue weighted by Crippen LogP contribution is -2.32. The average Bonchev–Trinajstić information content (AvgIpc) is 2.26. The van der Waals surface area contributed by atoms with Gasteiger partial charge in [-0.1, -0.05) is 13.3 Å². The van der Waals surface area contributed by atoms with Crippen molar-refractivity contribution < 1.29 is 14.3 Å². The number of carbonyl (C=O) groups excluding carboxylic acids is 1. The molecule has 0 aromatic rings.